The van der Waals surface area contributed by atoms with Crippen LogP contribution in [0.3, 0.4) is 0 Å². The zero-order valence-electron chi connectivity index (χ0n) is 13.8. The van der Waals surface area contributed by atoms with Gasteiger partial charge in [0.15, 0.2) is 5.82 Å². The van der Waals surface area contributed by atoms with Gasteiger partial charge in [-0.15, -0.1) is 0 Å². The summed E-state index contributed by atoms with van der Waals surface area (Å²) in [7, 11) is -3.80. The molecule has 1 aliphatic rings. The number of alkyl halides is 2. The minimum Gasteiger partial charge on any atom is -0.338 e. The van der Waals surface area contributed by atoms with Gasteiger partial charge in [0.05, 0.1) is 12.3 Å². The van der Waals surface area contributed by atoms with Crippen molar-refractivity contribution in [3.05, 3.63) is 47.4 Å². The molecule has 0 unspecified atom stereocenters. The van der Waals surface area contributed by atoms with E-state index in [-0.39, 0.29) is 49.6 Å². The van der Waals surface area contributed by atoms with E-state index in [9.17, 15) is 21.6 Å². The number of sulfonamides is 1. The molecule has 2 aromatic rings. The number of hydrogen-bond donors (Lipinski definition) is 1. The Morgan fingerprint density at radius 2 is 1.92 bits per heavy atom. The molecule has 0 saturated heterocycles. The average Bonchev–Trinajstić information content (AvgIpc) is 3.04. The molecule has 1 N–H and O–H groups in total. The monoisotopic (exact) mass is 389 g/mol. The number of halogens is 3. The van der Waals surface area contributed by atoms with Crippen LogP contribution in [0.4, 0.5) is 13.2 Å². The largest absolute Gasteiger partial charge is 0.338 e. The zero-order valence-corrected chi connectivity index (χ0v) is 14.6. The van der Waals surface area contributed by atoms with E-state index in [1.165, 1.54) is 18.2 Å². The molecule has 3 rings (SSSR count). The van der Waals surface area contributed by atoms with Gasteiger partial charge in [-0.05, 0) is 18.9 Å². The van der Waals surface area contributed by atoms with Gasteiger partial charge in [-0.3, -0.25) is 0 Å². The summed E-state index contributed by atoms with van der Waals surface area (Å²) in [6.45, 7) is -0.243. The molecular formula is C16H18F3N3O3S. The predicted molar refractivity (Wildman–Crippen MR) is 86.3 cm³/mol. The van der Waals surface area contributed by atoms with E-state index in [1.807, 2.05) is 0 Å². The Morgan fingerprint density at radius 3 is 2.62 bits per heavy atom. The van der Waals surface area contributed by atoms with Crippen molar-refractivity contribution in [2.45, 2.75) is 49.8 Å². The van der Waals surface area contributed by atoms with Crippen molar-refractivity contribution in [2.75, 3.05) is 0 Å². The normalized spacial score (nSPS) is 18.1. The standard InChI is InChI=1S/C16H18F3N3O3S/c17-13-4-2-1-3-12(13)10-26(23,24)20-9-14-21-15(22-25-14)11-5-7-16(18,19)8-6-11/h1-4,11,20H,5-10H2. The van der Waals surface area contributed by atoms with Crippen molar-refractivity contribution in [2.24, 2.45) is 0 Å². The highest BCUT2D eigenvalue weighted by atomic mass is 32.2. The fraction of sp³-hybridized carbons (Fsp3) is 0.500. The molecule has 1 saturated carbocycles. The summed E-state index contributed by atoms with van der Waals surface area (Å²) in [5, 5.41) is 3.76. The number of nitrogens with one attached hydrogen (secondary N) is 1. The maximum absolute atomic E-state index is 13.6. The number of benzene rings is 1. The van der Waals surface area contributed by atoms with E-state index in [0.717, 1.165) is 0 Å². The van der Waals surface area contributed by atoms with Gasteiger partial charge in [-0.2, -0.15) is 4.98 Å². The fourth-order valence-corrected chi connectivity index (χ4v) is 3.94. The molecule has 142 valence electrons. The second-order valence-electron chi connectivity index (χ2n) is 6.35. The quantitative estimate of drug-likeness (QED) is 0.821. The molecule has 0 aliphatic heterocycles. The molecule has 1 fully saturated rings. The van der Waals surface area contributed by atoms with E-state index < -0.39 is 27.5 Å². The summed E-state index contributed by atoms with van der Waals surface area (Å²) in [6.07, 6.45) is 0.0591. The lowest BCUT2D eigenvalue weighted by Crippen LogP contribution is -2.25. The van der Waals surface area contributed by atoms with Crippen LogP contribution in [-0.2, 0) is 22.3 Å². The third-order valence-corrected chi connectivity index (χ3v) is 5.59. The maximum Gasteiger partial charge on any atom is 0.248 e. The molecular weight excluding hydrogens is 371 g/mol. The highest BCUT2D eigenvalue weighted by molar-refractivity contribution is 7.88. The van der Waals surface area contributed by atoms with Gasteiger partial charge < -0.3 is 4.52 Å². The zero-order chi connectivity index (χ0) is 18.8. The minimum absolute atomic E-state index is 0.0365. The summed E-state index contributed by atoms with van der Waals surface area (Å²) in [6, 6.07) is 5.59. The van der Waals surface area contributed by atoms with E-state index in [0.29, 0.717) is 5.82 Å². The van der Waals surface area contributed by atoms with Crippen LogP contribution in [-0.4, -0.2) is 24.5 Å². The van der Waals surface area contributed by atoms with E-state index in [1.54, 1.807) is 6.07 Å². The third kappa shape index (κ3) is 4.82. The second-order valence-corrected chi connectivity index (χ2v) is 8.15. The molecule has 0 atom stereocenters. The molecule has 1 aromatic carbocycles. The van der Waals surface area contributed by atoms with Crippen LogP contribution in [0.1, 0.15) is 48.9 Å². The number of aromatic nitrogens is 2. The summed E-state index contributed by atoms with van der Waals surface area (Å²) < 4.78 is 71.3. The number of nitrogens with zero attached hydrogens (tertiary/aromatic N) is 2. The molecule has 1 aromatic heterocycles. The van der Waals surface area contributed by atoms with Crippen molar-refractivity contribution >= 4 is 10.0 Å². The molecule has 10 heteroatoms. The predicted octanol–water partition coefficient (Wildman–Crippen LogP) is 3.12. The first-order valence-corrected chi connectivity index (χ1v) is 9.80. The van der Waals surface area contributed by atoms with Crippen molar-refractivity contribution < 1.29 is 26.1 Å². The van der Waals surface area contributed by atoms with Crippen molar-refractivity contribution in [1.82, 2.24) is 14.9 Å². The number of rotatable bonds is 6. The van der Waals surface area contributed by atoms with Gasteiger partial charge in [0.1, 0.15) is 5.82 Å². The Hall–Kier alpha value is -1.94. The second kappa shape index (κ2) is 7.36. The third-order valence-electron chi connectivity index (χ3n) is 4.31. The first-order chi connectivity index (χ1) is 12.2. The topological polar surface area (TPSA) is 85.1 Å². The highest BCUT2D eigenvalue weighted by Crippen LogP contribution is 2.39. The van der Waals surface area contributed by atoms with Gasteiger partial charge in [-0.1, -0.05) is 23.4 Å². The lowest BCUT2D eigenvalue weighted by molar-refractivity contribution is -0.0389. The Balaban J connectivity index is 1.57. The van der Waals surface area contributed by atoms with E-state index in [4.69, 9.17) is 4.52 Å². The molecule has 1 heterocycles. The number of hydrogen-bond acceptors (Lipinski definition) is 5. The molecule has 0 spiro atoms. The van der Waals surface area contributed by atoms with Crippen molar-refractivity contribution in [3.8, 4) is 0 Å². The Bertz CT molecular complexity index is 860. The van der Waals surface area contributed by atoms with Crippen molar-refractivity contribution in [1.29, 1.82) is 0 Å². The van der Waals surface area contributed by atoms with E-state index >= 15 is 0 Å². The first kappa shape index (κ1) is 18.8. The van der Waals surface area contributed by atoms with Crippen LogP contribution in [0.5, 0.6) is 0 Å². The first-order valence-electron chi connectivity index (χ1n) is 8.15. The van der Waals surface area contributed by atoms with E-state index in [2.05, 4.69) is 14.9 Å². The summed E-state index contributed by atoms with van der Waals surface area (Å²) >= 11 is 0. The van der Waals surface area contributed by atoms with Gasteiger partial charge in [0.25, 0.3) is 0 Å². The van der Waals surface area contributed by atoms with Gasteiger partial charge in [-0.25, -0.2) is 26.3 Å². The van der Waals surface area contributed by atoms with Gasteiger partial charge >= 0.3 is 0 Å². The molecule has 26 heavy (non-hydrogen) atoms. The van der Waals surface area contributed by atoms with Crippen LogP contribution in [0.2, 0.25) is 0 Å². The Labute approximate surface area is 148 Å². The lowest BCUT2D eigenvalue weighted by Gasteiger charge is -2.26. The van der Waals surface area contributed by atoms with Crippen LogP contribution in [0, 0.1) is 5.82 Å². The SMILES string of the molecule is O=S(=O)(Cc1ccccc1F)NCc1nc(C2CCC(F)(F)CC2)no1. The summed E-state index contributed by atoms with van der Waals surface area (Å²) in [4.78, 5) is 4.09. The molecule has 6 nitrogen and oxygen atoms in total. The van der Waals surface area contributed by atoms with Crippen LogP contribution < -0.4 is 4.72 Å². The fourth-order valence-electron chi connectivity index (χ4n) is 2.85. The Kier molecular flexibility index (Phi) is 5.33. The van der Waals surface area contributed by atoms with Gasteiger partial charge in [0.2, 0.25) is 21.8 Å². The Morgan fingerprint density at radius 1 is 1.23 bits per heavy atom. The molecule has 0 radical (unpaired) electrons. The van der Waals surface area contributed by atoms with Crippen LogP contribution in [0.25, 0.3) is 0 Å². The summed E-state index contributed by atoms with van der Waals surface area (Å²) in [5.41, 5.74) is 0.0503. The molecule has 1 aliphatic carbocycles. The van der Waals surface area contributed by atoms with Crippen molar-refractivity contribution in [3.63, 3.8) is 0 Å². The minimum atomic E-state index is -3.80. The average molecular weight is 389 g/mol. The molecule has 0 amide bonds. The molecule has 0 bridgehead atoms. The maximum atomic E-state index is 13.6. The smallest absolute Gasteiger partial charge is 0.248 e. The van der Waals surface area contributed by atoms with Crippen LogP contribution in [0.15, 0.2) is 28.8 Å². The lowest BCUT2D eigenvalue weighted by atomic mass is 9.86. The van der Waals surface area contributed by atoms with Gasteiger partial charge in [0, 0.05) is 24.3 Å². The summed E-state index contributed by atoms with van der Waals surface area (Å²) in [5.74, 6) is -3.64. The van der Waals surface area contributed by atoms with Crippen LogP contribution >= 0.6 is 0 Å². The highest BCUT2D eigenvalue weighted by Gasteiger charge is 2.37.